The van der Waals surface area contributed by atoms with Crippen molar-refractivity contribution in [3.8, 4) is 5.75 Å². The molecule has 1 N–H and O–H groups in total. The monoisotopic (exact) mass is 407 g/mol. The van der Waals surface area contributed by atoms with Crippen LogP contribution in [-0.2, 0) is 13.6 Å². The highest BCUT2D eigenvalue weighted by molar-refractivity contribution is 7.54. The van der Waals surface area contributed by atoms with Gasteiger partial charge in [-0.05, 0) is 43.7 Å². The molecular weight excluding hydrogens is 385 g/mol. The first-order chi connectivity index (χ1) is 13.1. The molecule has 7 nitrogen and oxygen atoms in total. The Balaban J connectivity index is 2.00. The summed E-state index contributed by atoms with van der Waals surface area (Å²) in [7, 11) is -1.89. The maximum atomic E-state index is 13.5. The Kier molecular flexibility index (Phi) is 6.44. The number of ether oxygens (including phenoxy) is 1. The molecule has 0 spiro atoms. The highest BCUT2D eigenvalue weighted by Gasteiger charge is 2.37. The quantitative estimate of drug-likeness (QED) is 0.496. The maximum Gasteiger partial charge on any atom is 0.357 e. The molecule has 0 bridgehead atoms. The van der Waals surface area contributed by atoms with E-state index in [4.69, 9.17) is 13.8 Å². The third-order valence-electron chi connectivity index (χ3n) is 3.79. The van der Waals surface area contributed by atoms with E-state index in [1.54, 1.807) is 27.2 Å². The Morgan fingerprint density at radius 3 is 2.44 bits per heavy atom. The number of anilines is 1. The van der Waals surface area contributed by atoms with Crippen molar-refractivity contribution in [3.63, 3.8) is 0 Å². The summed E-state index contributed by atoms with van der Waals surface area (Å²) in [5.74, 6) is 0.00760. The molecule has 1 aromatic carbocycles. The molecule has 1 unspecified atom stereocenters. The van der Waals surface area contributed by atoms with Crippen LogP contribution in [0.3, 0.4) is 0 Å². The van der Waals surface area contributed by atoms with Crippen molar-refractivity contribution >= 4 is 34.4 Å². The molecule has 9 heteroatoms. The lowest BCUT2D eigenvalue weighted by atomic mass is 10.2. The van der Waals surface area contributed by atoms with E-state index >= 15 is 0 Å². The van der Waals surface area contributed by atoms with Crippen LogP contribution in [-0.4, -0.2) is 30.3 Å². The lowest BCUT2D eigenvalue weighted by Crippen LogP contribution is -2.15. The van der Waals surface area contributed by atoms with E-state index in [2.05, 4.69) is 15.3 Å². The van der Waals surface area contributed by atoms with E-state index in [9.17, 15) is 4.57 Å². The van der Waals surface area contributed by atoms with Gasteiger partial charge in [0.1, 0.15) is 16.1 Å². The Labute approximate surface area is 162 Å². The lowest BCUT2D eigenvalue weighted by molar-refractivity contribution is 0.214. The predicted molar refractivity (Wildman–Crippen MR) is 108 cm³/mol. The second-order valence-electron chi connectivity index (χ2n) is 5.54. The Bertz CT molecular complexity index is 889. The summed E-state index contributed by atoms with van der Waals surface area (Å²) in [6.07, 6.45) is 1.72. The van der Waals surface area contributed by atoms with Gasteiger partial charge in [0.05, 0.1) is 20.3 Å². The molecule has 0 saturated heterocycles. The summed E-state index contributed by atoms with van der Waals surface area (Å²) in [6, 6.07) is 11.0. The van der Waals surface area contributed by atoms with E-state index in [1.165, 1.54) is 11.3 Å². The summed E-state index contributed by atoms with van der Waals surface area (Å²) >= 11 is 1.39. The molecular formula is C18H22N3O4PS. The van der Waals surface area contributed by atoms with Gasteiger partial charge in [0.15, 0.2) is 10.9 Å². The second-order valence-corrected chi connectivity index (χ2v) is 8.63. The van der Waals surface area contributed by atoms with Crippen LogP contribution in [0.15, 0.2) is 42.6 Å². The highest BCUT2D eigenvalue weighted by atomic mass is 32.1. The van der Waals surface area contributed by atoms with E-state index < -0.39 is 13.4 Å². The summed E-state index contributed by atoms with van der Waals surface area (Å²) < 4.78 is 29.9. The normalized spacial score (nSPS) is 12.9. The van der Waals surface area contributed by atoms with E-state index in [1.807, 2.05) is 36.4 Å². The zero-order chi connectivity index (χ0) is 19.3. The van der Waals surface area contributed by atoms with Crippen LogP contribution >= 0.6 is 18.9 Å². The van der Waals surface area contributed by atoms with E-state index in [0.717, 1.165) is 15.9 Å². The molecule has 0 aliphatic rings. The molecule has 3 aromatic rings. The zero-order valence-electron chi connectivity index (χ0n) is 15.4. The number of pyridine rings is 1. The number of hydrogen-bond donors (Lipinski definition) is 1. The molecule has 0 fully saturated rings. The zero-order valence-corrected chi connectivity index (χ0v) is 17.1. The Morgan fingerprint density at radius 1 is 1.15 bits per heavy atom. The topological polar surface area (TPSA) is 82.6 Å². The van der Waals surface area contributed by atoms with Crippen molar-refractivity contribution < 1.29 is 18.3 Å². The van der Waals surface area contributed by atoms with Crippen molar-refractivity contribution in [2.24, 2.45) is 0 Å². The molecule has 0 amide bonds. The number of fused-ring (bicyclic) bond motifs is 1. The molecule has 1 atom stereocenters. The van der Waals surface area contributed by atoms with Crippen molar-refractivity contribution in [2.75, 3.05) is 25.6 Å². The molecule has 0 radical (unpaired) electrons. The minimum absolute atomic E-state index is 0.271. The number of benzene rings is 1. The lowest BCUT2D eigenvalue weighted by Gasteiger charge is -2.27. The summed E-state index contributed by atoms with van der Waals surface area (Å²) in [5, 5.41) is 3.85. The van der Waals surface area contributed by atoms with Gasteiger partial charge < -0.3 is 19.1 Å². The van der Waals surface area contributed by atoms with Gasteiger partial charge in [-0.3, -0.25) is 4.57 Å². The molecule has 144 valence electrons. The Hall–Kier alpha value is -1.99. The molecule has 0 aliphatic heterocycles. The molecule has 27 heavy (non-hydrogen) atoms. The third-order valence-corrected chi connectivity index (χ3v) is 7.00. The van der Waals surface area contributed by atoms with Crippen LogP contribution in [0.4, 0.5) is 5.13 Å². The van der Waals surface area contributed by atoms with Gasteiger partial charge in [-0.15, -0.1) is 0 Å². The molecule has 2 heterocycles. The first-order valence-corrected chi connectivity index (χ1v) is 11.0. The van der Waals surface area contributed by atoms with Crippen LogP contribution in [0.2, 0.25) is 0 Å². The molecule has 2 aromatic heterocycles. The predicted octanol–water partition coefficient (Wildman–Crippen LogP) is 5.08. The van der Waals surface area contributed by atoms with Crippen molar-refractivity contribution in [1.82, 2.24) is 9.97 Å². The molecule has 3 rings (SSSR count). The largest absolute Gasteiger partial charge is 0.497 e. The minimum Gasteiger partial charge on any atom is -0.497 e. The second kappa shape index (κ2) is 8.80. The number of thiazole rings is 1. The minimum atomic E-state index is -3.49. The third kappa shape index (κ3) is 4.47. The summed E-state index contributed by atoms with van der Waals surface area (Å²) in [4.78, 5) is 9.64. The van der Waals surface area contributed by atoms with Gasteiger partial charge in [0.25, 0.3) is 0 Å². The summed E-state index contributed by atoms with van der Waals surface area (Å²) in [6.45, 7) is 4.12. The number of rotatable bonds is 9. The van der Waals surface area contributed by atoms with Crippen molar-refractivity contribution in [3.05, 3.63) is 48.2 Å². The van der Waals surface area contributed by atoms with Gasteiger partial charge in [-0.25, -0.2) is 9.97 Å². The Morgan fingerprint density at radius 2 is 1.85 bits per heavy atom. The molecule has 0 aliphatic carbocycles. The van der Waals surface area contributed by atoms with Crippen molar-refractivity contribution in [1.29, 1.82) is 0 Å². The number of nitrogens with zero attached hydrogens (tertiary/aromatic N) is 2. The van der Waals surface area contributed by atoms with Crippen LogP contribution in [0.5, 0.6) is 5.75 Å². The fraction of sp³-hybridized carbons (Fsp3) is 0.333. The molecule has 0 saturated carbocycles. The number of aromatic nitrogens is 2. The van der Waals surface area contributed by atoms with Crippen molar-refractivity contribution in [2.45, 2.75) is 19.6 Å². The number of methoxy groups -OCH3 is 1. The van der Waals surface area contributed by atoms with E-state index in [-0.39, 0.29) is 13.2 Å². The SMILES string of the molecule is CCOP(=O)(OCC)C(Nc1nc2cccnc2s1)c1ccc(OC)cc1. The van der Waals surface area contributed by atoms with Gasteiger partial charge >= 0.3 is 7.60 Å². The highest BCUT2D eigenvalue weighted by Crippen LogP contribution is 2.61. The smallest absolute Gasteiger partial charge is 0.357 e. The van der Waals surface area contributed by atoms with Gasteiger partial charge in [0, 0.05) is 6.20 Å². The van der Waals surface area contributed by atoms with Crippen LogP contribution in [0, 0.1) is 0 Å². The first-order valence-electron chi connectivity index (χ1n) is 8.60. The fourth-order valence-corrected chi connectivity index (χ4v) is 5.46. The van der Waals surface area contributed by atoms with Crippen LogP contribution in [0.1, 0.15) is 25.2 Å². The average molecular weight is 407 g/mol. The summed E-state index contributed by atoms with van der Waals surface area (Å²) in [5.41, 5.74) is 1.54. The number of hydrogen-bond acceptors (Lipinski definition) is 8. The average Bonchev–Trinajstić information content (AvgIpc) is 3.09. The van der Waals surface area contributed by atoms with Gasteiger partial charge in [-0.1, -0.05) is 23.5 Å². The number of nitrogens with one attached hydrogen (secondary N) is 1. The standard InChI is InChI=1S/C18H22N3O4PS/c1-4-24-26(22,25-5-2)16(13-8-10-14(23-3)11-9-13)21-18-20-15-7-6-12-19-17(15)27-18/h6-12,16H,4-5H2,1-3H3,(H,20,21). The van der Waals surface area contributed by atoms with Crippen LogP contribution < -0.4 is 10.1 Å². The van der Waals surface area contributed by atoms with E-state index in [0.29, 0.717) is 10.9 Å². The van der Waals surface area contributed by atoms with Gasteiger partial charge in [0.2, 0.25) is 0 Å². The maximum absolute atomic E-state index is 13.5. The first kappa shape index (κ1) is 19.8. The van der Waals surface area contributed by atoms with Gasteiger partial charge in [-0.2, -0.15) is 0 Å². The fourth-order valence-electron chi connectivity index (χ4n) is 2.63. The van der Waals surface area contributed by atoms with Crippen LogP contribution in [0.25, 0.3) is 10.3 Å².